The molecule has 2 N–H and O–H groups in total. The molecule has 1 aliphatic heterocycles. The average molecular weight is 288 g/mol. The van der Waals surface area contributed by atoms with Gasteiger partial charge in [0.2, 0.25) is 0 Å². The van der Waals surface area contributed by atoms with Crippen molar-refractivity contribution in [1.29, 1.82) is 0 Å². The van der Waals surface area contributed by atoms with Gasteiger partial charge in [0.25, 0.3) is 5.91 Å². The Morgan fingerprint density at radius 1 is 1.19 bits per heavy atom. The number of nitrogen functional groups attached to an aromatic ring is 1. The predicted molar refractivity (Wildman–Crippen MR) is 83.4 cm³/mol. The van der Waals surface area contributed by atoms with E-state index in [0.717, 1.165) is 25.9 Å². The van der Waals surface area contributed by atoms with E-state index >= 15 is 0 Å². The van der Waals surface area contributed by atoms with E-state index in [4.69, 9.17) is 10.5 Å². The van der Waals surface area contributed by atoms with E-state index in [2.05, 4.69) is 0 Å². The summed E-state index contributed by atoms with van der Waals surface area (Å²) in [5.41, 5.74) is 7.53. The van der Waals surface area contributed by atoms with Gasteiger partial charge in [-0.25, -0.2) is 0 Å². The number of para-hydroxylation sites is 1. The number of nitrogens with two attached hydrogens (primary N) is 1. The van der Waals surface area contributed by atoms with Gasteiger partial charge in [-0.1, -0.05) is 18.9 Å². The van der Waals surface area contributed by atoms with Gasteiger partial charge in [0.05, 0.1) is 18.4 Å². The first-order valence-corrected chi connectivity index (χ1v) is 7.87. The van der Waals surface area contributed by atoms with E-state index in [9.17, 15) is 4.79 Å². The Bertz CT molecular complexity index is 526. The van der Waals surface area contributed by atoms with E-state index < -0.39 is 0 Å². The lowest BCUT2D eigenvalue weighted by Gasteiger charge is -2.39. The Hall–Kier alpha value is -1.71. The van der Waals surface area contributed by atoms with Crippen LogP contribution in [0.15, 0.2) is 18.2 Å². The fourth-order valence-electron chi connectivity index (χ4n) is 3.93. The monoisotopic (exact) mass is 288 g/mol. The summed E-state index contributed by atoms with van der Waals surface area (Å²) in [6.07, 6.45) is 7.69. The fourth-order valence-corrected chi connectivity index (χ4v) is 3.93. The summed E-state index contributed by atoms with van der Waals surface area (Å²) in [6.45, 7) is 1.72. The minimum atomic E-state index is 0.0481. The summed E-state index contributed by atoms with van der Waals surface area (Å²) < 4.78 is 5.31. The average Bonchev–Trinajstić information content (AvgIpc) is 2.95. The summed E-state index contributed by atoms with van der Waals surface area (Å²) >= 11 is 0. The molecule has 114 valence electrons. The molecule has 0 atom stereocenters. The lowest BCUT2D eigenvalue weighted by Crippen LogP contribution is -2.42. The second kappa shape index (κ2) is 5.58. The summed E-state index contributed by atoms with van der Waals surface area (Å²) in [6, 6.07) is 5.38. The number of ether oxygens (including phenoxy) is 1. The third-order valence-electron chi connectivity index (χ3n) is 5.26. The molecule has 1 spiro atoms. The Morgan fingerprint density at radius 3 is 2.48 bits per heavy atom. The van der Waals surface area contributed by atoms with Crippen LogP contribution in [0.3, 0.4) is 0 Å². The zero-order valence-electron chi connectivity index (χ0n) is 12.7. The molecule has 1 saturated carbocycles. The molecule has 4 heteroatoms. The second-order valence-electron chi connectivity index (χ2n) is 6.43. The number of anilines is 1. The number of likely N-dealkylation sites (tertiary alicyclic amines) is 1. The van der Waals surface area contributed by atoms with Gasteiger partial charge in [-0.05, 0) is 43.2 Å². The zero-order valence-corrected chi connectivity index (χ0v) is 12.7. The highest BCUT2D eigenvalue weighted by molar-refractivity contribution is 5.98. The van der Waals surface area contributed by atoms with E-state index in [-0.39, 0.29) is 5.91 Å². The van der Waals surface area contributed by atoms with Crippen LogP contribution in [0.25, 0.3) is 0 Å². The molecule has 4 nitrogen and oxygen atoms in total. The molecule has 1 saturated heterocycles. The van der Waals surface area contributed by atoms with Crippen LogP contribution < -0.4 is 10.5 Å². The Labute approximate surface area is 126 Å². The van der Waals surface area contributed by atoms with Crippen LogP contribution >= 0.6 is 0 Å². The molecule has 1 aliphatic carbocycles. The first-order chi connectivity index (χ1) is 10.2. The molecule has 1 amide bonds. The van der Waals surface area contributed by atoms with E-state index in [1.54, 1.807) is 19.2 Å². The number of rotatable bonds is 2. The van der Waals surface area contributed by atoms with Gasteiger partial charge in [-0.2, -0.15) is 0 Å². The third-order valence-corrected chi connectivity index (χ3v) is 5.26. The Morgan fingerprint density at radius 2 is 1.86 bits per heavy atom. The molecule has 0 aromatic heterocycles. The number of hydrogen-bond acceptors (Lipinski definition) is 3. The van der Waals surface area contributed by atoms with Crippen LogP contribution in [0.4, 0.5) is 5.69 Å². The number of hydrogen-bond donors (Lipinski definition) is 1. The van der Waals surface area contributed by atoms with Crippen LogP contribution in [-0.4, -0.2) is 31.0 Å². The first-order valence-electron chi connectivity index (χ1n) is 7.87. The minimum Gasteiger partial charge on any atom is -0.494 e. The van der Waals surface area contributed by atoms with Crippen molar-refractivity contribution in [2.75, 3.05) is 25.9 Å². The maximum atomic E-state index is 12.7. The van der Waals surface area contributed by atoms with Gasteiger partial charge >= 0.3 is 0 Å². The van der Waals surface area contributed by atoms with Crippen molar-refractivity contribution in [2.45, 2.75) is 38.5 Å². The van der Waals surface area contributed by atoms with Crippen molar-refractivity contribution in [1.82, 2.24) is 4.90 Å². The minimum absolute atomic E-state index is 0.0481. The molecule has 0 radical (unpaired) electrons. The number of carbonyl (C=O) groups is 1. The van der Waals surface area contributed by atoms with Crippen LogP contribution in [0, 0.1) is 5.41 Å². The predicted octanol–water partition coefficient (Wildman–Crippen LogP) is 3.07. The second-order valence-corrected chi connectivity index (χ2v) is 6.43. The van der Waals surface area contributed by atoms with Gasteiger partial charge in [0.1, 0.15) is 0 Å². The highest BCUT2D eigenvalue weighted by Crippen LogP contribution is 2.46. The van der Waals surface area contributed by atoms with E-state index in [1.165, 1.54) is 25.7 Å². The topological polar surface area (TPSA) is 55.6 Å². The van der Waals surface area contributed by atoms with Crippen molar-refractivity contribution in [3.05, 3.63) is 23.8 Å². The van der Waals surface area contributed by atoms with Crippen LogP contribution in [0.2, 0.25) is 0 Å². The normalized spacial score (nSPS) is 20.7. The van der Waals surface area contributed by atoms with E-state index in [1.807, 2.05) is 11.0 Å². The quantitative estimate of drug-likeness (QED) is 0.851. The Balaban J connectivity index is 1.73. The van der Waals surface area contributed by atoms with Gasteiger partial charge < -0.3 is 15.4 Å². The molecule has 0 bridgehead atoms. The first kappa shape index (κ1) is 14.2. The summed E-state index contributed by atoms with van der Waals surface area (Å²) in [5.74, 6) is 0.552. The van der Waals surface area contributed by atoms with Crippen molar-refractivity contribution < 1.29 is 9.53 Å². The van der Waals surface area contributed by atoms with Crippen LogP contribution in [0.5, 0.6) is 5.75 Å². The van der Waals surface area contributed by atoms with Gasteiger partial charge in [0, 0.05) is 13.1 Å². The number of nitrogens with zero attached hydrogens (tertiary/aromatic N) is 1. The zero-order chi connectivity index (χ0) is 14.9. The molecule has 1 heterocycles. The molecule has 2 fully saturated rings. The van der Waals surface area contributed by atoms with Crippen molar-refractivity contribution in [2.24, 2.45) is 5.41 Å². The van der Waals surface area contributed by atoms with Crippen molar-refractivity contribution >= 4 is 11.6 Å². The number of piperidine rings is 1. The lowest BCUT2D eigenvalue weighted by atomic mass is 9.77. The molecular weight excluding hydrogens is 264 g/mol. The van der Waals surface area contributed by atoms with Crippen molar-refractivity contribution in [3.8, 4) is 5.75 Å². The van der Waals surface area contributed by atoms with Gasteiger partial charge in [-0.3, -0.25) is 4.79 Å². The smallest absolute Gasteiger partial charge is 0.257 e. The molecule has 0 unspecified atom stereocenters. The molecule has 3 rings (SSSR count). The van der Waals surface area contributed by atoms with Crippen LogP contribution in [-0.2, 0) is 0 Å². The molecule has 2 aliphatic rings. The van der Waals surface area contributed by atoms with Crippen molar-refractivity contribution in [3.63, 3.8) is 0 Å². The van der Waals surface area contributed by atoms with Gasteiger partial charge in [-0.15, -0.1) is 0 Å². The largest absolute Gasteiger partial charge is 0.494 e. The fraction of sp³-hybridized carbons (Fsp3) is 0.588. The number of benzene rings is 1. The van der Waals surface area contributed by atoms with Crippen LogP contribution in [0.1, 0.15) is 48.9 Å². The summed E-state index contributed by atoms with van der Waals surface area (Å²) in [7, 11) is 1.56. The summed E-state index contributed by atoms with van der Waals surface area (Å²) in [5, 5.41) is 0. The van der Waals surface area contributed by atoms with Gasteiger partial charge in [0.15, 0.2) is 5.75 Å². The molecule has 1 aromatic carbocycles. The van der Waals surface area contributed by atoms with E-state index in [0.29, 0.717) is 22.4 Å². The molecular formula is C17H24N2O2. The summed E-state index contributed by atoms with van der Waals surface area (Å²) in [4.78, 5) is 14.7. The standard InChI is InChI=1S/C17H24N2O2/c1-21-15-13(5-4-6-14(15)18)16(20)19-11-9-17(10-12-19)7-2-3-8-17/h4-6H,2-3,7-12,18H2,1H3. The highest BCUT2D eigenvalue weighted by Gasteiger charge is 2.38. The number of amides is 1. The lowest BCUT2D eigenvalue weighted by molar-refractivity contribution is 0.0584. The SMILES string of the molecule is COc1c(N)cccc1C(=O)N1CCC2(CCCC2)CC1. The maximum Gasteiger partial charge on any atom is 0.257 e. The molecule has 21 heavy (non-hydrogen) atoms. The Kier molecular flexibility index (Phi) is 3.79. The number of carbonyl (C=O) groups excluding carboxylic acids is 1. The number of methoxy groups -OCH3 is 1. The third kappa shape index (κ3) is 2.59. The highest BCUT2D eigenvalue weighted by atomic mass is 16.5. The molecule has 1 aromatic rings. The maximum absolute atomic E-state index is 12.7.